The lowest BCUT2D eigenvalue weighted by atomic mass is 9.91. The molecule has 33 heteroatoms. The van der Waals surface area contributed by atoms with Gasteiger partial charge in [-0.05, 0) is 157 Å². The summed E-state index contributed by atoms with van der Waals surface area (Å²) in [5.41, 5.74) is 2.03. The van der Waals surface area contributed by atoms with Crippen molar-refractivity contribution in [2.24, 2.45) is 35.5 Å². The molecule has 12 amide bonds. The Hall–Kier alpha value is -12.1. The number of amides is 12. The van der Waals surface area contributed by atoms with Gasteiger partial charge in [0.2, 0.25) is 53.2 Å². The van der Waals surface area contributed by atoms with Gasteiger partial charge in [-0.15, -0.1) is 0 Å². The standard InChI is InChI=1S/C29H38FN5O5.2C28H36FN5O5/c1-5-7-22(16-20-8-6-13-31-26(20)36)32-27(37)23(15-19-9-11-21(30)12-10-19)33-29(39)25(17(2)3)34-28(38)24-14-18(4)40-35-24;2*1-5-6-21(15-19-11-12-30-25(19)35)31-26(36)22(14-18-7-9-20(29)10-8-18)32-28(38)24(16(2)3)33-27(37)23-13-17(4)39-34-23/h5,7,9-12,14,17,20,22-23,25H,6,8,13,15-16H2,1-4H3,(H,31,36)(H,32,37)(H,33,39)(H,34,38);2*5-10,13,16,19,21-22,24H,11-12,14-15H2,1-4H3,(H,30,35)(H,31,36)(H,32,38)(H,33,37)/b7-5+;2*6-5+/t20-,22+,23-,25-;2*19-,21+,22-,24-/m000/s1. The fraction of sp³-hybridized carbons (Fsp3) is 0.471. The van der Waals surface area contributed by atoms with Crippen molar-refractivity contribution in [1.29, 1.82) is 0 Å². The number of benzene rings is 3. The van der Waals surface area contributed by atoms with Crippen LogP contribution in [0.1, 0.15) is 173 Å². The van der Waals surface area contributed by atoms with Gasteiger partial charge < -0.3 is 77.4 Å². The highest BCUT2D eigenvalue weighted by Gasteiger charge is 2.37. The van der Waals surface area contributed by atoms with Gasteiger partial charge in [-0.1, -0.05) is 130 Å². The molecule has 6 heterocycles. The van der Waals surface area contributed by atoms with E-state index in [9.17, 15) is 70.7 Å². The minimum absolute atomic E-state index is 0.0380. The molecule has 0 spiro atoms. The quantitative estimate of drug-likeness (QED) is 0.0177. The van der Waals surface area contributed by atoms with Gasteiger partial charge in [0, 0.05) is 93.0 Å². The maximum absolute atomic E-state index is 13.6. The number of nitrogens with one attached hydrogen (secondary N) is 12. The summed E-state index contributed by atoms with van der Waals surface area (Å²) in [6, 6.07) is 14.1. The minimum atomic E-state index is -1.03. The molecule has 3 aromatic carbocycles. The van der Waals surface area contributed by atoms with Crippen LogP contribution in [0, 0.1) is 73.7 Å². The van der Waals surface area contributed by atoms with Crippen molar-refractivity contribution in [1.82, 2.24) is 79.3 Å². The summed E-state index contributed by atoms with van der Waals surface area (Å²) in [7, 11) is 0. The molecule has 6 aromatic rings. The zero-order valence-corrected chi connectivity index (χ0v) is 68.6. The van der Waals surface area contributed by atoms with Gasteiger partial charge in [0.25, 0.3) is 17.7 Å². The lowest BCUT2D eigenvalue weighted by Gasteiger charge is -2.28. The number of carbonyl (C=O) groups excluding carboxylic acids is 12. The van der Waals surface area contributed by atoms with E-state index in [1.165, 1.54) is 54.6 Å². The van der Waals surface area contributed by atoms with Crippen LogP contribution in [-0.4, -0.2) is 160 Å². The average molecular weight is 1640 g/mol. The fourth-order valence-corrected chi connectivity index (χ4v) is 13.5. The molecule has 0 radical (unpaired) electrons. The van der Waals surface area contributed by atoms with Crippen molar-refractivity contribution in [2.75, 3.05) is 19.6 Å². The van der Waals surface area contributed by atoms with E-state index in [0.717, 1.165) is 12.8 Å². The van der Waals surface area contributed by atoms with Gasteiger partial charge in [-0.3, -0.25) is 57.5 Å². The number of carbonyl (C=O) groups is 12. The summed E-state index contributed by atoms with van der Waals surface area (Å²) < 4.78 is 55.4. The summed E-state index contributed by atoms with van der Waals surface area (Å²) in [5, 5.41) is 44.7. The third-order valence-electron chi connectivity index (χ3n) is 19.8. The predicted octanol–water partition coefficient (Wildman–Crippen LogP) is 6.96. The number of piperidine rings is 1. The molecule has 3 aliphatic heterocycles. The van der Waals surface area contributed by atoms with Gasteiger partial charge in [0.15, 0.2) is 17.1 Å². The first-order chi connectivity index (χ1) is 56.2. The van der Waals surface area contributed by atoms with Crippen LogP contribution in [0.15, 0.2) is 141 Å². The molecule has 0 bridgehead atoms. The second-order valence-electron chi connectivity index (χ2n) is 30.5. The van der Waals surface area contributed by atoms with E-state index in [4.69, 9.17) is 13.6 Å². The van der Waals surface area contributed by atoms with E-state index in [2.05, 4.69) is 79.3 Å². The van der Waals surface area contributed by atoms with E-state index in [1.54, 1.807) is 129 Å². The third kappa shape index (κ3) is 29.6. The van der Waals surface area contributed by atoms with Gasteiger partial charge in [0.05, 0.1) is 0 Å². The zero-order chi connectivity index (χ0) is 86.3. The highest BCUT2D eigenvalue weighted by Crippen LogP contribution is 2.23. The van der Waals surface area contributed by atoms with Crippen LogP contribution in [0.5, 0.6) is 0 Å². The number of halogens is 3. The number of nitrogens with zero attached hydrogens (tertiary/aromatic N) is 3. The van der Waals surface area contributed by atoms with Crippen molar-refractivity contribution in [3.8, 4) is 0 Å². The highest BCUT2D eigenvalue weighted by molar-refractivity contribution is 6.00. The molecule has 0 saturated carbocycles. The van der Waals surface area contributed by atoms with Gasteiger partial charge in [0.1, 0.15) is 71.0 Å². The maximum atomic E-state index is 13.6. The first kappa shape index (κ1) is 93.1. The average Bonchev–Trinajstić information content (AvgIpc) is 1.26. The van der Waals surface area contributed by atoms with Gasteiger partial charge in [-0.25, -0.2) is 13.2 Å². The molecule has 9 rings (SSSR count). The number of allylic oxidation sites excluding steroid dienone is 3. The molecule has 12 N–H and O–H groups in total. The molecular weight excluding hydrogens is 1530 g/mol. The van der Waals surface area contributed by atoms with E-state index in [-0.39, 0.29) is 89.6 Å². The second kappa shape index (κ2) is 46.0. The highest BCUT2D eigenvalue weighted by atomic mass is 19.1. The zero-order valence-electron chi connectivity index (χ0n) is 68.6. The molecule has 118 heavy (non-hydrogen) atoms. The maximum Gasteiger partial charge on any atom is 0.274 e. The summed E-state index contributed by atoms with van der Waals surface area (Å²) >= 11 is 0. The topological polar surface area (TPSA) is 427 Å². The number of hydrogen-bond donors (Lipinski definition) is 12. The molecule has 30 nitrogen and oxygen atoms in total. The van der Waals surface area contributed by atoms with E-state index >= 15 is 0 Å². The lowest BCUT2D eigenvalue weighted by Crippen LogP contribution is -2.57. The van der Waals surface area contributed by atoms with Gasteiger partial charge >= 0.3 is 0 Å². The normalized spacial score (nSPS) is 17.5. The molecule has 3 aromatic heterocycles. The molecular formula is C85H110F3N15O15. The van der Waals surface area contributed by atoms with E-state index in [1.807, 2.05) is 26.8 Å². The molecule has 636 valence electrons. The Morgan fingerprint density at radius 3 is 0.873 bits per heavy atom. The van der Waals surface area contributed by atoms with Gasteiger partial charge in [-0.2, -0.15) is 0 Å². The molecule has 3 fully saturated rings. The first-order valence-corrected chi connectivity index (χ1v) is 39.7. The minimum Gasteiger partial charge on any atom is -0.361 e. The molecule has 0 unspecified atom stereocenters. The summed E-state index contributed by atoms with van der Waals surface area (Å²) in [6.45, 7) is 22.8. The predicted molar refractivity (Wildman–Crippen MR) is 430 cm³/mol. The smallest absolute Gasteiger partial charge is 0.274 e. The Kier molecular flexibility index (Phi) is 36.3. The molecule has 3 aliphatic rings. The molecule has 3 saturated heterocycles. The number of hydrogen-bond acceptors (Lipinski definition) is 18. The summed E-state index contributed by atoms with van der Waals surface area (Å²) in [6.07, 6.45) is 15.3. The van der Waals surface area contributed by atoms with Crippen molar-refractivity contribution >= 4 is 70.9 Å². The summed E-state index contributed by atoms with van der Waals surface area (Å²) in [4.78, 5) is 155. The van der Waals surface area contributed by atoms with Crippen molar-refractivity contribution < 1.29 is 84.3 Å². The van der Waals surface area contributed by atoms with Crippen LogP contribution in [0.2, 0.25) is 0 Å². The van der Waals surface area contributed by atoms with Crippen molar-refractivity contribution in [2.45, 2.75) is 202 Å². The van der Waals surface area contributed by atoms with E-state index in [0.29, 0.717) is 85.7 Å². The monoisotopic (exact) mass is 1640 g/mol. The Labute approximate surface area is 684 Å². The Morgan fingerprint density at radius 1 is 0.390 bits per heavy atom. The van der Waals surface area contributed by atoms with Crippen LogP contribution in [0.4, 0.5) is 13.2 Å². The molecule has 12 atom stereocenters. The largest absolute Gasteiger partial charge is 0.361 e. The Balaban J connectivity index is 0.000000244. The van der Waals surface area contributed by atoms with Crippen molar-refractivity contribution in [3.05, 3.63) is 196 Å². The Morgan fingerprint density at radius 2 is 0.653 bits per heavy atom. The van der Waals surface area contributed by atoms with Crippen LogP contribution >= 0.6 is 0 Å². The fourth-order valence-electron chi connectivity index (χ4n) is 13.5. The van der Waals surface area contributed by atoms with Crippen molar-refractivity contribution in [3.63, 3.8) is 0 Å². The first-order valence-electron chi connectivity index (χ1n) is 39.7. The summed E-state index contributed by atoms with van der Waals surface area (Å²) in [5.74, 6) is -6.45. The SMILES string of the molecule is C/C=C/[C@H](C[C@@H]1CCCNC1=O)NC(=O)[C@H](Cc1ccc(F)cc1)NC(=O)[C@@H](NC(=O)c1cc(C)on1)C(C)C.C/C=C/[C@H](C[C@@H]1CCNC1=O)NC(=O)[C@H](Cc1ccc(F)cc1)NC(=O)[C@@H](NC(=O)c1cc(C)on1)C(C)C.C/C=C/[C@H](C[C@@H]1CCNC1=O)NC(=O)[C@H](Cc1ccc(F)cc1)NC(=O)[C@@H](NC(=O)c1cc(C)on1)C(C)C. The number of aromatic nitrogens is 3. The van der Waals surface area contributed by atoms with Crippen LogP contribution < -0.4 is 63.8 Å². The molecule has 0 aliphatic carbocycles. The lowest BCUT2D eigenvalue weighted by molar-refractivity contribution is -0.131. The van der Waals surface area contributed by atoms with Crippen LogP contribution in [0.25, 0.3) is 0 Å². The third-order valence-corrected chi connectivity index (χ3v) is 19.8. The number of rotatable bonds is 36. The Bertz CT molecular complexity index is 4300. The second-order valence-corrected chi connectivity index (χ2v) is 30.5. The number of aryl methyl sites for hydroxylation is 3. The van der Waals surface area contributed by atoms with E-state index < -0.39 is 125 Å². The van der Waals surface area contributed by atoms with Crippen LogP contribution in [-0.2, 0) is 62.4 Å². The van der Waals surface area contributed by atoms with Crippen LogP contribution in [0.3, 0.4) is 0 Å².